The van der Waals surface area contributed by atoms with Crippen molar-refractivity contribution in [1.29, 1.82) is 0 Å². The molecule has 0 spiro atoms. The molecular formula is C10H17NO. The Morgan fingerprint density at radius 2 is 2.17 bits per heavy atom. The van der Waals surface area contributed by atoms with Crippen LogP contribution in [0, 0.1) is 5.92 Å². The number of nitrogens with zero attached hydrogens (tertiary/aromatic N) is 1. The van der Waals surface area contributed by atoms with Crippen molar-refractivity contribution < 1.29 is 4.79 Å². The summed E-state index contributed by atoms with van der Waals surface area (Å²) in [6.45, 7) is 1.19. The zero-order chi connectivity index (χ0) is 8.55. The highest BCUT2D eigenvalue weighted by Crippen LogP contribution is 2.31. The van der Waals surface area contributed by atoms with Gasteiger partial charge in [-0.3, -0.25) is 4.79 Å². The SMILES string of the molecule is CN1CCC[C@H]2C(=O)CCC[C@@H]21. The lowest BCUT2D eigenvalue weighted by molar-refractivity contribution is -0.129. The van der Waals surface area contributed by atoms with E-state index >= 15 is 0 Å². The molecule has 2 heteroatoms. The number of likely N-dealkylation sites (tertiary alicyclic amines) is 1. The second-order valence-corrected chi connectivity index (χ2v) is 4.16. The van der Waals surface area contributed by atoms with Crippen LogP contribution in [0.2, 0.25) is 0 Å². The third-order valence-corrected chi connectivity index (χ3v) is 3.39. The number of ketones is 1. The van der Waals surface area contributed by atoms with Crippen molar-refractivity contribution in [3.8, 4) is 0 Å². The van der Waals surface area contributed by atoms with Gasteiger partial charge in [0.1, 0.15) is 5.78 Å². The fourth-order valence-electron chi connectivity index (χ4n) is 2.69. The highest BCUT2D eigenvalue weighted by Gasteiger charge is 2.36. The van der Waals surface area contributed by atoms with Gasteiger partial charge in [-0.2, -0.15) is 0 Å². The molecule has 1 saturated carbocycles. The molecule has 0 aromatic carbocycles. The van der Waals surface area contributed by atoms with Crippen molar-refractivity contribution in [3.63, 3.8) is 0 Å². The maximum absolute atomic E-state index is 11.5. The van der Waals surface area contributed by atoms with Crippen LogP contribution in [0.25, 0.3) is 0 Å². The third kappa shape index (κ3) is 1.28. The van der Waals surface area contributed by atoms with E-state index in [0.717, 1.165) is 19.3 Å². The van der Waals surface area contributed by atoms with E-state index in [9.17, 15) is 4.79 Å². The minimum Gasteiger partial charge on any atom is -0.303 e. The first-order valence-electron chi connectivity index (χ1n) is 5.02. The first-order chi connectivity index (χ1) is 5.79. The van der Waals surface area contributed by atoms with Gasteiger partial charge in [0.25, 0.3) is 0 Å². The molecule has 2 atom stereocenters. The Hall–Kier alpha value is -0.370. The van der Waals surface area contributed by atoms with Crippen LogP contribution in [0.3, 0.4) is 0 Å². The number of fused-ring (bicyclic) bond motifs is 1. The molecule has 0 radical (unpaired) electrons. The molecule has 68 valence electrons. The molecule has 1 heterocycles. The fraction of sp³-hybridized carbons (Fsp3) is 0.900. The summed E-state index contributed by atoms with van der Waals surface area (Å²) in [4.78, 5) is 13.9. The van der Waals surface area contributed by atoms with Crippen LogP contribution < -0.4 is 0 Å². The summed E-state index contributed by atoms with van der Waals surface area (Å²) in [5.74, 6) is 0.912. The molecule has 0 unspecified atom stereocenters. The van der Waals surface area contributed by atoms with Gasteiger partial charge in [-0.15, -0.1) is 0 Å². The van der Waals surface area contributed by atoms with Crippen LogP contribution in [0.5, 0.6) is 0 Å². The number of hydrogen-bond acceptors (Lipinski definition) is 2. The van der Waals surface area contributed by atoms with Crippen molar-refractivity contribution in [2.24, 2.45) is 5.92 Å². The van der Waals surface area contributed by atoms with Gasteiger partial charge in [0.2, 0.25) is 0 Å². The summed E-state index contributed by atoms with van der Waals surface area (Å²) >= 11 is 0. The van der Waals surface area contributed by atoms with E-state index in [1.807, 2.05) is 0 Å². The average Bonchev–Trinajstić information content (AvgIpc) is 2.07. The molecule has 0 aromatic heterocycles. The van der Waals surface area contributed by atoms with E-state index in [4.69, 9.17) is 0 Å². The Labute approximate surface area is 73.9 Å². The fourth-order valence-corrected chi connectivity index (χ4v) is 2.69. The number of Topliss-reactive ketones (excluding diaryl/α,β-unsaturated/α-hetero) is 1. The molecular weight excluding hydrogens is 150 g/mol. The quantitative estimate of drug-likeness (QED) is 0.544. The van der Waals surface area contributed by atoms with E-state index in [2.05, 4.69) is 11.9 Å². The second-order valence-electron chi connectivity index (χ2n) is 4.16. The maximum Gasteiger partial charge on any atom is 0.137 e. The topological polar surface area (TPSA) is 20.3 Å². The molecule has 0 bridgehead atoms. The lowest BCUT2D eigenvalue weighted by Gasteiger charge is -2.41. The lowest BCUT2D eigenvalue weighted by Crippen LogP contribution is -2.47. The number of rotatable bonds is 0. The van der Waals surface area contributed by atoms with Crippen LogP contribution in [-0.4, -0.2) is 30.3 Å². The minimum atomic E-state index is 0.387. The van der Waals surface area contributed by atoms with Gasteiger partial charge in [0.05, 0.1) is 0 Å². The zero-order valence-electron chi connectivity index (χ0n) is 7.75. The van der Waals surface area contributed by atoms with E-state index in [1.54, 1.807) is 0 Å². The maximum atomic E-state index is 11.5. The minimum absolute atomic E-state index is 0.387. The number of piperidine rings is 1. The van der Waals surface area contributed by atoms with Crippen molar-refractivity contribution in [3.05, 3.63) is 0 Å². The van der Waals surface area contributed by atoms with Crippen molar-refractivity contribution in [2.45, 2.75) is 38.1 Å². The van der Waals surface area contributed by atoms with Gasteiger partial charge in [-0.25, -0.2) is 0 Å². The van der Waals surface area contributed by atoms with Crippen LogP contribution in [-0.2, 0) is 4.79 Å². The summed E-state index contributed by atoms with van der Waals surface area (Å²) in [5, 5.41) is 0. The van der Waals surface area contributed by atoms with Crippen LogP contribution >= 0.6 is 0 Å². The van der Waals surface area contributed by atoms with Gasteiger partial charge < -0.3 is 4.90 Å². The highest BCUT2D eigenvalue weighted by atomic mass is 16.1. The van der Waals surface area contributed by atoms with Gasteiger partial charge in [0, 0.05) is 18.4 Å². The summed E-state index contributed by atoms with van der Waals surface area (Å²) in [5.41, 5.74) is 0. The first-order valence-corrected chi connectivity index (χ1v) is 5.02. The van der Waals surface area contributed by atoms with Crippen LogP contribution in [0.4, 0.5) is 0 Å². The summed E-state index contributed by atoms with van der Waals surface area (Å²) < 4.78 is 0. The average molecular weight is 167 g/mol. The predicted octanol–water partition coefficient (Wildman–Crippen LogP) is 1.45. The molecule has 1 aliphatic carbocycles. The van der Waals surface area contributed by atoms with Gasteiger partial charge in [-0.05, 0) is 39.3 Å². The largest absolute Gasteiger partial charge is 0.303 e. The zero-order valence-corrected chi connectivity index (χ0v) is 7.75. The number of carbonyl (C=O) groups excluding carboxylic acids is 1. The molecule has 12 heavy (non-hydrogen) atoms. The summed E-state index contributed by atoms with van der Waals surface area (Å²) in [7, 11) is 2.16. The molecule has 2 fully saturated rings. The van der Waals surface area contributed by atoms with Crippen LogP contribution in [0.1, 0.15) is 32.1 Å². The summed E-state index contributed by atoms with van der Waals surface area (Å²) in [6, 6.07) is 0.583. The van der Waals surface area contributed by atoms with Gasteiger partial charge >= 0.3 is 0 Å². The van der Waals surface area contributed by atoms with Crippen molar-refractivity contribution in [2.75, 3.05) is 13.6 Å². The molecule has 2 nitrogen and oxygen atoms in total. The van der Waals surface area contributed by atoms with Crippen LogP contribution in [0.15, 0.2) is 0 Å². The summed E-state index contributed by atoms with van der Waals surface area (Å²) in [6.07, 6.45) is 5.56. The van der Waals surface area contributed by atoms with E-state index in [-0.39, 0.29) is 0 Å². The molecule has 0 N–H and O–H groups in total. The van der Waals surface area contributed by atoms with Crippen molar-refractivity contribution >= 4 is 5.78 Å². The lowest BCUT2D eigenvalue weighted by atomic mass is 9.78. The Morgan fingerprint density at radius 3 is 2.92 bits per heavy atom. The monoisotopic (exact) mass is 167 g/mol. The standard InChI is InChI=1S/C10H17NO/c1-11-7-3-4-8-9(11)5-2-6-10(8)12/h8-9H,2-7H2,1H3/t8-,9+/m1/s1. The normalized spacial score (nSPS) is 37.9. The Balaban J connectivity index is 2.10. The van der Waals surface area contributed by atoms with E-state index < -0.39 is 0 Å². The van der Waals surface area contributed by atoms with E-state index in [1.165, 1.54) is 19.4 Å². The number of hydrogen-bond donors (Lipinski definition) is 0. The van der Waals surface area contributed by atoms with Crippen molar-refractivity contribution in [1.82, 2.24) is 4.90 Å². The highest BCUT2D eigenvalue weighted by molar-refractivity contribution is 5.82. The smallest absolute Gasteiger partial charge is 0.137 e. The van der Waals surface area contributed by atoms with Gasteiger partial charge in [-0.1, -0.05) is 0 Å². The molecule has 0 amide bonds. The van der Waals surface area contributed by atoms with Gasteiger partial charge in [0.15, 0.2) is 0 Å². The third-order valence-electron chi connectivity index (χ3n) is 3.39. The molecule has 1 aliphatic heterocycles. The second kappa shape index (κ2) is 3.17. The predicted molar refractivity (Wildman–Crippen MR) is 48.0 cm³/mol. The van der Waals surface area contributed by atoms with E-state index in [0.29, 0.717) is 17.7 Å². The Morgan fingerprint density at radius 1 is 1.33 bits per heavy atom. The first kappa shape index (κ1) is 8.24. The molecule has 2 aliphatic rings. The Kier molecular flexibility index (Phi) is 2.18. The number of carbonyl (C=O) groups is 1. The Bertz CT molecular complexity index is 190. The molecule has 2 rings (SSSR count). The molecule has 1 saturated heterocycles. The molecule has 0 aromatic rings.